The van der Waals surface area contributed by atoms with Gasteiger partial charge in [-0.25, -0.2) is 0 Å². The van der Waals surface area contributed by atoms with Crippen LogP contribution in [0.4, 0.5) is 0 Å². The second-order valence-electron chi connectivity index (χ2n) is 5.75. The average molecular weight is 311 g/mol. The fourth-order valence-electron chi connectivity index (χ4n) is 3.12. The normalized spacial score (nSPS) is 19.1. The molecule has 3 nitrogen and oxygen atoms in total. The zero-order chi connectivity index (χ0) is 14.4. The number of likely N-dealkylation sites (tertiary alicyclic amines) is 1. The van der Waals surface area contributed by atoms with E-state index in [-0.39, 0.29) is 18.3 Å². The lowest BCUT2D eigenvalue weighted by molar-refractivity contribution is -0.132. The molecule has 0 aromatic heterocycles. The first-order valence-electron chi connectivity index (χ1n) is 7.74. The second kappa shape index (κ2) is 9.06. The number of hydrogen-bond acceptors (Lipinski definition) is 2. The molecule has 1 fully saturated rings. The highest BCUT2D eigenvalue weighted by atomic mass is 35.5. The molecule has 4 heteroatoms. The Morgan fingerprint density at radius 3 is 2.71 bits per heavy atom. The van der Waals surface area contributed by atoms with Crippen molar-refractivity contribution in [3.63, 3.8) is 0 Å². The van der Waals surface area contributed by atoms with E-state index in [0.29, 0.717) is 11.8 Å². The lowest BCUT2D eigenvalue weighted by Crippen LogP contribution is -2.34. The smallest absolute Gasteiger partial charge is 0.230 e. The summed E-state index contributed by atoms with van der Waals surface area (Å²) in [5, 5.41) is 3.22. The number of hydrogen-bond donors (Lipinski definition) is 1. The van der Waals surface area contributed by atoms with Crippen LogP contribution in [-0.4, -0.2) is 37.5 Å². The molecule has 0 aliphatic carbocycles. The van der Waals surface area contributed by atoms with Gasteiger partial charge in [0.1, 0.15) is 0 Å². The van der Waals surface area contributed by atoms with Gasteiger partial charge in [0.25, 0.3) is 0 Å². The number of benzene rings is 1. The molecule has 1 aliphatic rings. The number of halogens is 1. The van der Waals surface area contributed by atoms with Crippen molar-refractivity contribution in [2.75, 3.05) is 26.7 Å². The van der Waals surface area contributed by atoms with Crippen LogP contribution in [-0.2, 0) is 4.79 Å². The lowest BCUT2D eigenvalue weighted by atomic mass is 9.93. The van der Waals surface area contributed by atoms with Crippen LogP contribution in [0.2, 0.25) is 0 Å². The quantitative estimate of drug-likeness (QED) is 0.876. The SMILES string of the molecule is CCCC(C(=O)N1CCC(CNC)C1)c1ccccc1.Cl. The van der Waals surface area contributed by atoms with Crippen LogP contribution in [0.3, 0.4) is 0 Å². The monoisotopic (exact) mass is 310 g/mol. The van der Waals surface area contributed by atoms with Crippen molar-refractivity contribution >= 4 is 18.3 Å². The molecule has 1 heterocycles. The summed E-state index contributed by atoms with van der Waals surface area (Å²) in [4.78, 5) is 14.9. The van der Waals surface area contributed by atoms with Crippen LogP contribution >= 0.6 is 12.4 Å². The van der Waals surface area contributed by atoms with Crippen LogP contribution in [0.5, 0.6) is 0 Å². The van der Waals surface area contributed by atoms with Crippen LogP contribution in [0.1, 0.15) is 37.7 Å². The van der Waals surface area contributed by atoms with Gasteiger partial charge in [-0.3, -0.25) is 4.79 Å². The van der Waals surface area contributed by atoms with E-state index < -0.39 is 0 Å². The van der Waals surface area contributed by atoms with Gasteiger partial charge in [0, 0.05) is 13.1 Å². The summed E-state index contributed by atoms with van der Waals surface area (Å²) in [5.41, 5.74) is 1.16. The first-order valence-corrected chi connectivity index (χ1v) is 7.74. The highest BCUT2D eigenvalue weighted by Gasteiger charge is 2.30. The third kappa shape index (κ3) is 4.72. The van der Waals surface area contributed by atoms with Gasteiger partial charge in [0.15, 0.2) is 0 Å². The molecule has 1 saturated heterocycles. The first-order chi connectivity index (χ1) is 9.76. The molecule has 2 rings (SSSR count). The summed E-state index contributed by atoms with van der Waals surface area (Å²) in [6, 6.07) is 10.2. The molecule has 118 valence electrons. The van der Waals surface area contributed by atoms with Crippen molar-refractivity contribution in [3.8, 4) is 0 Å². The van der Waals surface area contributed by atoms with E-state index in [0.717, 1.165) is 44.5 Å². The van der Waals surface area contributed by atoms with Crippen LogP contribution in [0, 0.1) is 5.92 Å². The zero-order valence-corrected chi connectivity index (χ0v) is 13.9. The van der Waals surface area contributed by atoms with Gasteiger partial charge in [-0.2, -0.15) is 0 Å². The summed E-state index contributed by atoms with van der Waals surface area (Å²) in [5.74, 6) is 0.966. The minimum atomic E-state index is 0. The molecule has 1 aliphatic heterocycles. The van der Waals surface area contributed by atoms with Crippen LogP contribution in [0.25, 0.3) is 0 Å². The Morgan fingerprint density at radius 1 is 1.38 bits per heavy atom. The average Bonchev–Trinajstić information content (AvgIpc) is 2.94. The molecule has 0 spiro atoms. The van der Waals surface area contributed by atoms with Gasteiger partial charge < -0.3 is 10.2 Å². The van der Waals surface area contributed by atoms with Gasteiger partial charge >= 0.3 is 0 Å². The minimum absolute atomic E-state index is 0. The van der Waals surface area contributed by atoms with Crippen molar-refractivity contribution in [1.82, 2.24) is 10.2 Å². The summed E-state index contributed by atoms with van der Waals surface area (Å²) in [6.45, 7) is 4.98. The molecule has 1 aromatic carbocycles. The fraction of sp³-hybridized carbons (Fsp3) is 0.588. The fourth-order valence-corrected chi connectivity index (χ4v) is 3.12. The van der Waals surface area contributed by atoms with E-state index in [9.17, 15) is 4.79 Å². The van der Waals surface area contributed by atoms with Crippen molar-refractivity contribution in [2.45, 2.75) is 32.1 Å². The van der Waals surface area contributed by atoms with Crippen molar-refractivity contribution in [3.05, 3.63) is 35.9 Å². The topological polar surface area (TPSA) is 32.3 Å². The molecule has 1 amide bonds. The van der Waals surface area contributed by atoms with E-state index in [1.165, 1.54) is 0 Å². The highest BCUT2D eigenvalue weighted by Crippen LogP contribution is 2.26. The molecule has 1 aromatic rings. The molecule has 0 radical (unpaired) electrons. The van der Waals surface area contributed by atoms with Gasteiger partial charge in [-0.05, 0) is 37.9 Å². The Morgan fingerprint density at radius 2 is 2.10 bits per heavy atom. The Balaban J connectivity index is 0.00000220. The number of nitrogens with zero attached hydrogens (tertiary/aromatic N) is 1. The molecule has 2 unspecified atom stereocenters. The van der Waals surface area contributed by atoms with E-state index in [1.54, 1.807) is 0 Å². The Labute approximate surface area is 134 Å². The standard InChI is InChI=1S/C17H26N2O.ClH/c1-3-7-16(15-8-5-4-6-9-15)17(20)19-11-10-14(13-19)12-18-2;/h4-6,8-9,14,16,18H,3,7,10-13H2,1-2H3;1H. The first kappa shape index (κ1) is 18.0. The van der Waals surface area contributed by atoms with Gasteiger partial charge in [0.05, 0.1) is 5.92 Å². The Kier molecular flexibility index (Phi) is 7.76. The van der Waals surface area contributed by atoms with Crippen molar-refractivity contribution in [1.29, 1.82) is 0 Å². The minimum Gasteiger partial charge on any atom is -0.342 e. The number of carbonyl (C=O) groups excluding carboxylic acids is 1. The van der Waals surface area contributed by atoms with Gasteiger partial charge in [0.2, 0.25) is 5.91 Å². The van der Waals surface area contributed by atoms with Gasteiger partial charge in [-0.15, -0.1) is 12.4 Å². The maximum Gasteiger partial charge on any atom is 0.230 e. The van der Waals surface area contributed by atoms with Crippen LogP contribution in [0.15, 0.2) is 30.3 Å². The third-order valence-electron chi connectivity index (χ3n) is 4.17. The summed E-state index contributed by atoms with van der Waals surface area (Å²) >= 11 is 0. The summed E-state index contributed by atoms with van der Waals surface area (Å²) in [6.07, 6.45) is 3.11. The number of amides is 1. The zero-order valence-electron chi connectivity index (χ0n) is 13.0. The number of rotatable bonds is 6. The highest BCUT2D eigenvalue weighted by molar-refractivity contribution is 5.85. The molecular formula is C17H27ClN2O. The molecule has 0 saturated carbocycles. The lowest BCUT2D eigenvalue weighted by Gasteiger charge is -2.24. The van der Waals surface area contributed by atoms with E-state index in [4.69, 9.17) is 0 Å². The predicted molar refractivity (Wildman–Crippen MR) is 90.0 cm³/mol. The summed E-state index contributed by atoms with van der Waals surface area (Å²) in [7, 11) is 1.98. The van der Waals surface area contributed by atoms with Gasteiger partial charge in [-0.1, -0.05) is 43.7 Å². The number of carbonyl (C=O) groups is 1. The van der Waals surface area contributed by atoms with Crippen molar-refractivity contribution in [2.24, 2.45) is 5.92 Å². The molecule has 21 heavy (non-hydrogen) atoms. The third-order valence-corrected chi connectivity index (χ3v) is 4.17. The molecule has 2 atom stereocenters. The summed E-state index contributed by atoms with van der Waals surface area (Å²) < 4.78 is 0. The maximum absolute atomic E-state index is 12.8. The largest absolute Gasteiger partial charge is 0.342 e. The molecule has 0 bridgehead atoms. The Hall–Kier alpha value is -1.06. The van der Waals surface area contributed by atoms with Crippen molar-refractivity contribution < 1.29 is 4.79 Å². The number of nitrogens with one attached hydrogen (secondary N) is 1. The molecule has 1 N–H and O–H groups in total. The van der Waals surface area contributed by atoms with Crippen LogP contribution < -0.4 is 5.32 Å². The van der Waals surface area contributed by atoms with E-state index >= 15 is 0 Å². The second-order valence-corrected chi connectivity index (χ2v) is 5.75. The predicted octanol–water partition coefficient (Wildman–Crippen LogP) is 3.06. The maximum atomic E-state index is 12.8. The van der Waals surface area contributed by atoms with E-state index in [1.807, 2.05) is 25.2 Å². The van der Waals surface area contributed by atoms with E-state index in [2.05, 4.69) is 29.3 Å². The molecular weight excluding hydrogens is 284 g/mol. The Bertz CT molecular complexity index is 424.